The van der Waals surface area contributed by atoms with Crippen molar-refractivity contribution in [2.45, 2.75) is 70.4 Å². The molecule has 3 unspecified atom stereocenters. The number of aryl methyl sites for hydroxylation is 1. The van der Waals surface area contributed by atoms with E-state index < -0.39 is 10.0 Å². The van der Waals surface area contributed by atoms with Crippen molar-refractivity contribution in [3.8, 4) is 0 Å². The molecule has 0 amide bonds. The van der Waals surface area contributed by atoms with Crippen molar-refractivity contribution in [3.05, 3.63) is 29.3 Å². The number of sulfonamides is 1. The first-order valence-corrected chi connectivity index (χ1v) is 10.1. The van der Waals surface area contributed by atoms with Crippen LogP contribution in [0.4, 0.5) is 0 Å². The lowest BCUT2D eigenvalue weighted by Crippen LogP contribution is -2.37. The van der Waals surface area contributed by atoms with Crippen molar-refractivity contribution in [2.75, 3.05) is 0 Å². The predicted octanol–water partition coefficient (Wildman–Crippen LogP) is 3.51. The highest BCUT2D eigenvalue weighted by Crippen LogP contribution is 2.31. The van der Waals surface area contributed by atoms with Gasteiger partial charge in [0.1, 0.15) is 0 Å². The number of hydrogen-bond donors (Lipinski definition) is 2. The van der Waals surface area contributed by atoms with E-state index in [-0.39, 0.29) is 10.9 Å². The minimum atomic E-state index is -3.67. The fourth-order valence-corrected chi connectivity index (χ4v) is 4.57. The zero-order valence-electron chi connectivity index (χ0n) is 14.7. The lowest BCUT2D eigenvalue weighted by atomic mass is 9.79. The molecule has 3 N–H and O–H groups in total. The molecule has 0 aliphatic heterocycles. The second-order valence-electron chi connectivity index (χ2n) is 7.28. The van der Waals surface area contributed by atoms with Gasteiger partial charge >= 0.3 is 0 Å². The fraction of sp³-hybridized carbons (Fsp3) is 0.667. The average Bonchev–Trinajstić information content (AvgIpc) is 2.46. The van der Waals surface area contributed by atoms with Crippen molar-refractivity contribution in [3.63, 3.8) is 0 Å². The van der Waals surface area contributed by atoms with E-state index in [1.807, 2.05) is 12.1 Å². The smallest absolute Gasteiger partial charge is 0.238 e. The largest absolute Gasteiger partial charge is 0.307 e. The first kappa shape index (κ1) is 18.4. The van der Waals surface area contributed by atoms with E-state index in [1.165, 1.54) is 25.7 Å². The molecule has 0 spiro atoms. The van der Waals surface area contributed by atoms with Gasteiger partial charge in [-0.3, -0.25) is 0 Å². The van der Waals surface area contributed by atoms with E-state index >= 15 is 0 Å². The van der Waals surface area contributed by atoms with Gasteiger partial charge in [0.2, 0.25) is 10.0 Å². The molecule has 0 bridgehead atoms. The second-order valence-corrected chi connectivity index (χ2v) is 8.81. The Kier molecular flexibility index (Phi) is 5.87. The summed E-state index contributed by atoms with van der Waals surface area (Å²) >= 11 is 0. The molecular weight excluding hydrogens is 308 g/mol. The van der Waals surface area contributed by atoms with Crippen LogP contribution in [0.25, 0.3) is 0 Å². The summed E-state index contributed by atoms with van der Waals surface area (Å²) in [6.45, 7) is 8.43. The molecule has 1 aromatic rings. The fourth-order valence-electron chi connectivity index (χ4n) is 3.75. The van der Waals surface area contributed by atoms with Crippen LogP contribution in [0.15, 0.2) is 23.1 Å². The molecule has 130 valence electrons. The van der Waals surface area contributed by atoms with Gasteiger partial charge in [-0.2, -0.15) is 0 Å². The van der Waals surface area contributed by atoms with Gasteiger partial charge in [-0.25, -0.2) is 13.6 Å². The maximum absolute atomic E-state index is 11.7. The Morgan fingerprint density at radius 1 is 1.26 bits per heavy atom. The Labute approximate surface area is 140 Å². The Morgan fingerprint density at radius 3 is 2.57 bits per heavy atom. The maximum atomic E-state index is 11.7. The van der Waals surface area contributed by atoms with Gasteiger partial charge in [0.25, 0.3) is 0 Å². The molecule has 1 aliphatic rings. The standard InChI is InChI=1S/C18H30N2O2S/c1-12-6-5-7-16(10-12)14(3)20-15(4)17-9-8-13(2)18(11-17)23(19,21)22/h8-9,11-12,14-16,20H,5-7,10H2,1-4H3,(H2,19,21,22)/t12?,14-,15?,16?/m0/s1. The zero-order valence-corrected chi connectivity index (χ0v) is 15.5. The summed E-state index contributed by atoms with van der Waals surface area (Å²) in [5.41, 5.74) is 1.66. The molecule has 0 saturated heterocycles. The average molecular weight is 339 g/mol. The molecule has 4 atom stereocenters. The Hall–Kier alpha value is -0.910. The number of nitrogens with one attached hydrogen (secondary N) is 1. The molecule has 0 aromatic heterocycles. The van der Waals surface area contributed by atoms with E-state index in [2.05, 4.69) is 26.1 Å². The summed E-state index contributed by atoms with van der Waals surface area (Å²) < 4.78 is 23.4. The number of nitrogens with two attached hydrogens (primary N) is 1. The molecular formula is C18H30N2O2S. The number of primary sulfonamides is 1. The highest BCUT2D eigenvalue weighted by Gasteiger charge is 2.25. The summed E-state index contributed by atoms with van der Waals surface area (Å²) in [5.74, 6) is 1.51. The van der Waals surface area contributed by atoms with Crippen molar-refractivity contribution in [2.24, 2.45) is 17.0 Å². The number of hydrogen-bond acceptors (Lipinski definition) is 3. The van der Waals surface area contributed by atoms with Gasteiger partial charge in [0.05, 0.1) is 4.90 Å². The first-order valence-electron chi connectivity index (χ1n) is 8.58. The van der Waals surface area contributed by atoms with Crippen LogP contribution in [-0.4, -0.2) is 14.5 Å². The molecule has 4 nitrogen and oxygen atoms in total. The normalized spacial score (nSPS) is 25.1. The minimum absolute atomic E-state index is 0.100. The molecule has 1 aromatic carbocycles. The van der Waals surface area contributed by atoms with Crippen molar-refractivity contribution in [1.29, 1.82) is 0 Å². The predicted molar refractivity (Wildman–Crippen MR) is 94.7 cm³/mol. The highest BCUT2D eigenvalue weighted by molar-refractivity contribution is 7.89. The van der Waals surface area contributed by atoms with Crippen LogP contribution in [0.1, 0.15) is 63.6 Å². The SMILES string of the molecule is Cc1ccc(C(C)N[C@@H](C)C2CCCC(C)C2)cc1S(N)(=O)=O. The maximum Gasteiger partial charge on any atom is 0.238 e. The van der Waals surface area contributed by atoms with Crippen molar-refractivity contribution in [1.82, 2.24) is 5.32 Å². The molecule has 1 saturated carbocycles. The van der Waals surface area contributed by atoms with Gasteiger partial charge in [0.15, 0.2) is 0 Å². The Balaban J connectivity index is 2.10. The van der Waals surface area contributed by atoms with Crippen LogP contribution in [0.5, 0.6) is 0 Å². The molecule has 2 rings (SSSR count). The monoisotopic (exact) mass is 338 g/mol. The lowest BCUT2D eigenvalue weighted by molar-refractivity contribution is 0.223. The van der Waals surface area contributed by atoms with Gasteiger partial charge in [-0.1, -0.05) is 31.9 Å². The van der Waals surface area contributed by atoms with Crippen LogP contribution in [-0.2, 0) is 10.0 Å². The quantitative estimate of drug-likeness (QED) is 0.863. The van der Waals surface area contributed by atoms with E-state index in [0.717, 1.165) is 11.5 Å². The third kappa shape index (κ3) is 4.78. The molecule has 5 heteroatoms. The molecule has 0 radical (unpaired) electrons. The van der Waals surface area contributed by atoms with Crippen LogP contribution in [0.2, 0.25) is 0 Å². The van der Waals surface area contributed by atoms with Gasteiger partial charge < -0.3 is 5.32 Å². The minimum Gasteiger partial charge on any atom is -0.307 e. The highest BCUT2D eigenvalue weighted by atomic mass is 32.2. The molecule has 23 heavy (non-hydrogen) atoms. The third-order valence-corrected chi connectivity index (χ3v) is 6.27. The van der Waals surface area contributed by atoms with Crippen molar-refractivity contribution < 1.29 is 8.42 Å². The van der Waals surface area contributed by atoms with Crippen LogP contribution >= 0.6 is 0 Å². The van der Waals surface area contributed by atoms with Crippen molar-refractivity contribution >= 4 is 10.0 Å². The van der Waals surface area contributed by atoms with Crippen LogP contribution in [0, 0.1) is 18.8 Å². The zero-order chi connectivity index (χ0) is 17.2. The number of benzene rings is 1. The summed E-state index contributed by atoms with van der Waals surface area (Å²) in [7, 11) is -3.67. The number of rotatable bonds is 5. The van der Waals surface area contributed by atoms with Crippen LogP contribution in [0.3, 0.4) is 0 Å². The Bertz CT molecular complexity index is 642. The topological polar surface area (TPSA) is 72.2 Å². The lowest BCUT2D eigenvalue weighted by Gasteiger charge is -2.33. The third-order valence-electron chi connectivity index (χ3n) is 5.22. The van der Waals surface area contributed by atoms with E-state index in [0.29, 0.717) is 17.5 Å². The summed E-state index contributed by atoms with van der Waals surface area (Å²) in [4.78, 5) is 0.225. The Morgan fingerprint density at radius 2 is 1.96 bits per heavy atom. The molecule has 0 heterocycles. The van der Waals surface area contributed by atoms with Gasteiger partial charge in [-0.05, 0) is 62.6 Å². The van der Waals surface area contributed by atoms with Gasteiger partial charge in [0, 0.05) is 12.1 Å². The summed E-state index contributed by atoms with van der Waals surface area (Å²) in [5, 5.41) is 8.96. The second kappa shape index (κ2) is 7.32. The van der Waals surface area contributed by atoms with Crippen LogP contribution < -0.4 is 10.5 Å². The first-order chi connectivity index (χ1) is 10.7. The molecule has 1 fully saturated rings. The summed E-state index contributed by atoms with van der Waals surface area (Å²) in [6.07, 6.45) is 5.21. The van der Waals surface area contributed by atoms with E-state index in [4.69, 9.17) is 5.14 Å². The summed E-state index contributed by atoms with van der Waals surface area (Å²) in [6, 6.07) is 6.05. The van der Waals surface area contributed by atoms with E-state index in [9.17, 15) is 8.42 Å². The van der Waals surface area contributed by atoms with E-state index in [1.54, 1.807) is 13.0 Å². The van der Waals surface area contributed by atoms with Gasteiger partial charge in [-0.15, -0.1) is 0 Å². The molecule has 1 aliphatic carbocycles.